The van der Waals surface area contributed by atoms with Gasteiger partial charge in [0.25, 0.3) is 0 Å². The Morgan fingerprint density at radius 3 is 2.24 bits per heavy atom. The topological polar surface area (TPSA) is 4.93 Å². The first kappa shape index (κ1) is 12.0. The molecule has 21 heavy (non-hydrogen) atoms. The van der Waals surface area contributed by atoms with Crippen LogP contribution in [0.1, 0.15) is 0 Å². The highest BCUT2D eigenvalue weighted by molar-refractivity contribution is 5.90. The number of nitrogens with zero attached hydrogens (tertiary/aromatic N) is 1. The summed E-state index contributed by atoms with van der Waals surface area (Å²) in [6.07, 6.45) is 2.13. The van der Waals surface area contributed by atoms with Crippen LogP contribution < -0.4 is 0 Å². The molecule has 0 aliphatic rings. The van der Waals surface area contributed by atoms with Gasteiger partial charge in [0.05, 0.1) is 11.4 Å². The third kappa shape index (κ3) is 2.03. The van der Waals surface area contributed by atoms with Crippen molar-refractivity contribution in [2.24, 2.45) is 0 Å². The van der Waals surface area contributed by atoms with Gasteiger partial charge in [-0.1, -0.05) is 66.7 Å². The van der Waals surface area contributed by atoms with Crippen LogP contribution in [0.25, 0.3) is 27.7 Å². The molecule has 4 rings (SSSR count). The molecule has 0 aliphatic heterocycles. The molecule has 0 unspecified atom stereocenters. The van der Waals surface area contributed by atoms with Crippen molar-refractivity contribution in [3.8, 4) is 16.9 Å². The molecular weight excluding hydrogens is 254 g/mol. The molecule has 3 aromatic carbocycles. The van der Waals surface area contributed by atoms with E-state index in [0.29, 0.717) is 0 Å². The van der Waals surface area contributed by atoms with Crippen molar-refractivity contribution < 1.29 is 0 Å². The molecule has 4 aromatic rings. The van der Waals surface area contributed by atoms with E-state index in [9.17, 15) is 0 Å². The molecule has 1 heteroatoms. The molecule has 0 saturated carbocycles. The fourth-order valence-electron chi connectivity index (χ4n) is 2.85. The average Bonchev–Trinajstić information content (AvgIpc) is 3.04. The molecule has 0 bridgehead atoms. The largest absolute Gasteiger partial charge is 0.316 e. The zero-order valence-electron chi connectivity index (χ0n) is 11.6. The average molecular weight is 269 g/mol. The molecule has 0 spiro atoms. The van der Waals surface area contributed by atoms with Crippen molar-refractivity contribution in [3.05, 3.63) is 91.1 Å². The van der Waals surface area contributed by atoms with Crippen molar-refractivity contribution >= 4 is 10.8 Å². The summed E-state index contributed by atoms with van der Waals surface area (Å²) in [5.74, 6) is 0. The van der Waals surface area contributed by atoms with Crippen LogP contribution in [0.15, 0.2) is 91.1 Å². The minimum absolute atomic E-state index is 1.21. The number of hydrogen-bond donors (Lipinski definition) is 0. The van der Waals surface area contributed by atoms with E-state index in [-0.39, 0.29) is 0 Å². The highest BCUT2D eigenvalue weighted by Crippen LogP contribution is 2.28. The van der Waals surface area contributed by atoms with Crippen molar-refractivity contribution in [1.82, 2.24) is 4.57 Å². The highest BCUT2D eigenvalue weighted by Gasteiger charge is 2.08. The van der Waals surface area contributed by atoms with Gasteiger partial charge in [0.2, 0.25) is 0 Å². The molecule has 100 valence electrons. The molecule has 0 fully saturated rings. The second kappa shape index (κ2) is 4.95. The van der Waals surface area contributed by atoms with Crippen molar-refractivity contribution in [2.45, 2.75) is 0 Å². The second-order valence-corrected chi connectivity index (χ2v) is 5.13. The van der Waals surface area contributed by atoms with Crippen LogP contribution in [0.3, 0.4) is 0 Å². The van der Waals surface area contributed by atoms with Crippen LogP contribution in [0.4, 0.5) is 0 Å². The molecule has 1 nitrogen and oxygen atoms in total. The maximum Gasteiger partial charge on any atom is 0.0534 e. The van der Waals surface area contributed by atoms with Crippen molar-refractivity contribution in [2.75, 3.05) is 0 Å². The van der Waals surface area contributed by atoms with Crippen LogP contribution >= 0.6 is 0 Å². The quantitative estimate of drug-likeness (QED) is 0.465. The summed E-state index contributed by atoms with van der Waals surface area (Å²) < 4.78 is 2.26. The SMILES string of the molecule is c1ccc(-c2cccn2-c2cccc3ccccc23)cc1. The van der Waals surface area contributed by atoms with E-state index >= 15 is 0 Å². The first-order valence-electron chi connectivity index (χ1n) is 7.14. The van der Waals surface area contributed by atoms with Gasteiger partial charge < -0.3 is 4.57 Å². The van der Waals surface area contributed by atoms with Gasteiger partial charge >= 0.3 is 0 Å². The van der Waals surface area contributed by atoms with Crippen LogP contribution in [0, 0.1) is 0 Å². The van der Waals surface area contributed by atoms with E-state index in [4.69, 9.17) is 0 Å². The summed E-state index contributed by atoms with van der Waals surface area (Å²) in [5, 5.41) is 2.54. The van der Waals surface area contributed by atoms with Crippen LogP contribution in [-0.2, 0) is 0 Å². The van der Waals surface area contributed by atoms with Crippen LogP contribution in [0.5, 0.6) is 0 Å². The number of aromatic nitrogens is 1. The smallest absolute Gasteiger partial charge is 0.0534 e. The lowest BCUT2D eigenvalue weighted by Gasteiger charge is -2.12. The zero-order valence-corrected chi connectivity index (χ0v) is 11.6. The molecule has 1 aromatic heterocycles. The zero-order chi connectivity index (χ0) is 14.1. The van der Waals surface area contributed by atoms with Gasteiger partial charge in [-0.15, -0.1) is 0 Å². The summed E-state index contributed by atoms with van der Waals surface area (Å²) in [6, 6.07) is 29.7. The highest BCUT2D eigenvalue weighted by atomic mass is 15.0. The number of hydrogen-bond acceptors (Lipinski definition) is 0. The summed E-state index contributed by atoms with van der Waals surface area (Å²) in [5.41, 5.74) is 3.67. The van der Waals surface area contributed by atoms with E-state index in [1.54, 1.807) is 0 Å². The predicted octanol–water partition coefficient (Wildman–Crippen LogP) is 5.30. The van der Waals surface area contributed by atoms with Crippen molar-refractivity contribution in [1.29, 1.82) is 0 Å². The van der Waals surface area contributed by atoms with E-state index in [1.165, 1.54) is 27.7 Å². The van der Waals surface area contributed by atoms with Gasteiger partial charge in [0.15, 0.2) is 0 Å². The van der Waals surface area contributed by atoms with Gasteiger partial charge in [-0.2, -0.15) is 0 Å². The molecule has 1 heterocycles. The van der Waals surface area contributed by atoms with Crippen LogP contribution in [0.2, 0.25) is 0 Å². The van der Waals surface area contributed by atoms with Gasteiger partial charge in [-0.3, -0.25) is 0 Å². The monoisotopic (exact) mass is 269 g/mol. The molecular formula is C20H15N. The Hall–Kier alpha value is -2.80. The Balaban J connectivity index is 1.97. The minimum atomic E-state index is 1.21. The summed E-state index contributed by atoms with van der Waals surface area (Å²) in [7, 11) is 0. The lowest BCUT2D eigenvalue weighted by Crippen LogP contribution is -1.96. The fourth-order valence-corrected chi connectivity index (χ4v) is 2.85. The van der Waals surface area contributed by atoms with Gasteiger partial charge in [-0.05, 0) is 29.1 Å². The Morgan fingerprint density at radius 1 is 0.571 bits per heavy atom. The predicted molar refractivity (Wildman–Crippen MR) is 88.7 cm³/mol. The summed E-state index contributed by atoms with van der Waals surface area (Å²) in [6.45, 7) is 0. The molecule has 0 saturated heterocycles. The van der Waals surface area contributed by atoms with E-state index in [2.05, 4.69) is 95.7 Å². The number of rotatable bonds is 2. The maximum absolute atomic E-state index is 2.26. The standard InChI is InChI=1S/C20H15N/c1-2-9-17(10-3-1)19-14-7-15-21(19)20-13-6-11-16-8-4-5-12-18(16)20/h1-15H. The van der Waals surface area contributed by atoms with Crippen molar-refractivity contribution in [3.63, 3.8) is 0 Å². The fraction of sp³-hybridized carbons (Fsp3) is 0. The normalized spacial score (nSPS) is 10.9. The third-order valence-electron chi connectivity index (χ3n) is 3.84. The lowest BCUT2D eigenvalue weighted by atomic mass is 10.1. The molecule has 0 amide bonds. The van der Waals surface area contributed by atoms with E-state index in [1.807, 2.05) is 0 Å². The Labute approximate surface area is 124 Å². The van der Waals surface area contributed by atoms with Gasteiger partial charge in [0, 0.05) is 11.6 Å². The number of fused-ring (bicyclic) bond motifs is 1. The molecule has 0 N–H and O–H groups in total. The maximum atomic E-state index is 2.26. The third-order valence-corrected chi connectivity index (χ3v) is 3.84. The minimum Gasteiger partial charge on any atom is -0.316 e. The first-order chi connectivity index (χ1) is 10.4. The summed E-state index contributed by atoms with van der Waals surface area (Å²) >= 11 is 0. The molecule has 0 atom stereocenters. The Kier molecular flexibility index (Phi) is 2.82. The second-order valence-electron chi connectivity index (χ2n) is 5.13. The molecule has 0 aliphatic carbocycles. The summed E-state index contributed by atoms with van der Waals surface area (Å²) in [4.78, 5) is 0. The lowest BCUT2D eigenvalue weighted by molar-refractivity contribution is 1.10. The molecule has 0 radical (unpaired) electrons. The van der Waals surface area contributed by atoms with Crippen LogP contribution in [-0.4, -0.2) is 4.57 Å². The Bertz CT molecular complexity index is 883. The van der Waals surface area contributed by atoms with Gasteiger partial charge in [0.1, 0.15) is 0 Å². The van der Waals surface area contributed by atoms with E-state index in [0.717, 1.165) is 0 Å². The Morgan fingerprint density at radius 2 is 1.33 bits per heavy atom. The van der Waals surface area contributed by atoms with Gasteiger partial charge in [-0.25, -0.2) is 0 Å². The van der Waals surface area contributed by atoms with E-state index < -0.39 is 0 Å². The number of benzene rings is 3. The first-order valence-corrected chi connectivity index (χ1v) is 7.14.